The number of carbonyl (C=O) groups is 4. The van der Waals surface area contributed by atoms with Gasteiger partial charge in [0.05, 0.1) is 11.1 Å². The molecular formula is C21H19NO5. The lowest BCUT2D eigenvalue weighted by Gasteiger charge is -2.27. The quantitative estimate of drug-likeness (QED) is 0.447. The van der Waals surface area contributed by atoms with Gasteiger partial charge in [-0.2, -0.15) is 0 Å². The van der Waals surface area contributed by atoms with Crippen LogP contribution in [0.1, 0.15) is 44.9 Å². The van der Waals surface area contributed by atoms with Crippen molar-refractivity contribution in [1.82, 2.24) is 4.90 Å². The van der Waals surface area contributed by atoms with Gasteiger partial charge in [0.1, 0.15) is 6.04 Å². The fraction of sp³-hybridized carbons (Fsp3) is 0.238. The molecule has 1 aliphatic rings. The average Bonchev–Trinajstić information content (AvgIpc) is 2.92. The number of ketones is 1. The molecule has 1 atom stereocenters. The number of rotatable bonds is 6. The lowest BCUT2D eigenvalue weighted by Crippen LogP contribution is -2.49. The van der Waals surface area contributed by atoms with Gasteiger partial charge in [0, 0.05) is 5.56 Å². The maximum absolute atomic E-state index is 12.6. The third-order valence-corrected chi connectivity index (χ3v) is 4.42. The number of nitrogens with zero attached hydrogens (tertiary/aromatic N) is 1. The van der Waals surface area contributed by atoms with Gasteiger partial charge in [0.25, 0.3) is 11.8 Å². The van der Waals surface area contributed by atoms with Crippen molar-refractivity contribution in [2.75, 3.05) is 6.61 Å². The van der Waals surface area contributed by atoms with E-state index in [1.807, 2.05) is 0 Å². The van der Waals surface area contributed by atoms with Gasteiger partial charge in [-0.3, -0.25) is 19.3 Å². The predicted octanol–water partition coefficient (Wildman–Crippen LogP) is 2.73. The largest absolute Gasteiger partial charge is 0.456 e. The van der Waals surface area contributed by atoms with E-state index in [9.17, 15) is 19.2 Å². The third kappa shape index (κ3) is 3.51. The maximum Gasteiger partial charge on any atom is 0.330 e. The minimum absolute atomic E-state index is 0.265. The molecule has 0 fully saturated rings. The highest BCUT2D eigenvalue weighted by molar-refractivity contribution is 6.22. The molecule has 0 unspecified atom stereocenters. The molecule has 1 heterocycles. The summed E-state index contributed by atoms with van der Waals surface area (Å²) in [5, 5.41) is 0. The van der Waals surface area contributed by atoms with Gasteiger partial charge in [-0.05, 0) is 18.1 Å². The van der Waals surface area contributed by atoms with Crippen LogP contribution in [0.3, 0.4) is 0 Å². The molecule has 2 aromatic rings. The Labute approximate surface area is 156 Å². The van der Waals surface area contributed by atoms with Crippen molar-refractivity contribution >= 4 is 23.6 Å². The topological polar surface area (TPSA) is 80.8 Å². The van der Waals surface area contributed by atoms with Crippen molar-refractivity contribution in [3.63, 3.8) is 0 Å². The fourth-order valence-electron chi connectivity index (χ4n) is 3.07. The molecule has 3 rings (SSSR count). The molecule has 1 aliphatic heterocycles. The standard InChI is InChI=1S/C21H19NO5/c1-13(2)18(21(26)27-12-17(23)14-8-4-3-5-9-14)22-19(24)15-10-6-7-11-16(15)20(22)25/h3-11,13,18H,12H2,1-2H3/t18-/m1/s1. The van der Waals surface area contributed by atoms with Crippen LogP contribution >= 0.6 is 0 Å². The summed E-state index contributed by atoms with van der Waals surface area (Å²) in [6, 6.07) is 13.8. The Balaban J connectivity index is 1.76. The summed E-state index contributed by atoms with van der Waals surface area (Å²) in [5.41, 5.74) is 0.953. The lowest BCUT2D eigenvalue weighted by molar-refractivity contribution is -0.148. The number of carbonyl (C=O) groups excluding carboxylic acids is 4. The van der Waals surface area contributed by atoms with Crippen LogP contribution in [0.25, 0.3) is 0 Å². The van der Waals surface area contributed by atoms with Gasteiger partial charge in [-0.15, -0.1) is 0 Å². The van der Waals surface area contributed by atoms with Crippen LogP contribution in [0.2, 0.25) is 0 Å². The third-order valence-electron chi connectivity index (χ3n) is 4.42. The first-order chi connectivity index (χ1) is 12.9. The van der Waals surface area contributed by atoms with Gasteiger partial charge in [-0.25, -0.2) is 4.79 Å². The van der Waals surface area contributed by atoms with E-state index in [4.69, 9.17) is 4.74 Å². The molecule has 27 heavy (non-hydrogen) atoms. The molecule has 0 aliphatic carbocycles. The Morgan fingerprint density at radius 1 is 0.889 bits per heavy atom. The zero-order chi connectivity index (χ0) is 19.6. The van der Waals surface area contributed by atoms with Crippen molar-refractivity contribution in [3.05, 3.63) is 71.3 Å². The summed E-state index contributed by atoms with van der Waals surface area (Å²) in [6.07, 6.45) is 0. The van der Waals surface area contributed by atoms with Crippen molar-refractivity contribution in [2.24, 2.45) is 5.92 Å². The normalized spacial score (nSPS) is 14.3. The Morgan fingerprint density at radius 3 is 1.93 bits per heavy atom. The number of hydrogen-bond acceptors (Lipinski definition) is 5. The monoisotopic (exact) mass is 365 g/mol. The summed E-state index contributed by atoms with van der Waals surface area (Å²) >= 11 is 0. The summed E-state index contributed by atoms with van der Waals surface area (Å²) in [6.45, 7) is 2.98. The first-order valence-corrected chi connectivity index (χ1v) is 8.63. The number of imide groups is 1. The fourth-order valence-corrected chi connectivity index (χ4v) is 3.07. The zero-order valence-corrected chi connectivity index (χ0v) is 15.0. The van der Waals surface area contributed by atoms with Crippen LogP contribution in [0.4, 0.5) is 0 Å². The average molecular weight is 365 g/mol. The first kappa shape index (κ1) is 18.5. The number of amides is 2. The zero-order valence-electron chi connectivity index (χ0n) is 15.0. The second-order valence-corrected chi connectivity index (χ2v) is 6.61. The molecule has 6 nitrogen and oxygen atoms in total. The van der Waals surface area contributed by atoms with E-state index in [0.717, 1.165) is 4.90 Å². The molecule has 6 heteroatoms. The number of benzene rings is 2. The molecule has 138 valence electrons. The molecule has 2 amide bonds. The molecule has 0 saturated carbocycles. The van der Waals surface area contributed by atoms with Crippen LogP contribution < -0.4 is 0 Å². The highest BCUT2D eigenvalue weighted by Gasteiger charge is 2.44. The Kier molecular flexibility index (Phi) is 5.16. The van der Waals surface area contributed by atoms with E-state index in [1.165, 1.54) is 0 Å². The van der Waals surface area contributed by atoms with Crippen LogP contribution in [0, 0.1) is 5.92 Å². The molecule has 0 bridgehead atoms. The van der Waals surface area contributed by atoms with E-state index in [1.54, 1.807) is 68.4 Å². The number of ether oxygens (including phenoxy) is 1. The van der Waals surface area contributed by atoms with Gasteiger partial charge < -0.3 is 4.74 Å². The van der Waals surface area contributed by atoms with Gasteiger partial charge in [0.2, 0.25) is 0 Å². The molecule has 0 N–H and O–H groups in total. The van der Waals surface area contributed by atoms with E-state index in [-0.39, 0.29) is 22.8 Å². The van der Waals surface area contributed by atoms with Crippen molar-refractivity contribution < 1.29 is 23.9 Å². The Bertz CT molecular complexity index is 869. The predicted molar refractivity (Wildman–Crippen MR) is 97.3 cm³/mol. The van der Waals surface area contributed by atoms with E-state index in [0.29, 0.717) is 5.56 Å². The van der Waals surface area contributed by atoms with Crippen molar-refractivity contribution in [1.29, 1.82) is 0 Å². The molecule has 0 aromatic heterocycles. The van der Waals surface area contributed by atoms with E-state index < -0.39 is 30.4 Å². The number of Topliss-reactive ketones (excluding diaryl/α,β-unsaturated/α-hetero) is 1. The van der Waals surface area contributed by atoms with Gasteiger partial charge in [0.15, 0.2) is 12.4 Å². The van der Waals surface area contributed by atoms with Gasteiger partial charge in [-0.1, -0.05) is 56.3 Å². The van der Waals surface area contributed by atoms with Crippen LogP contribution in [-0.4, -0.2) is 41.1 Å². The van der Waals surface area contributed by atoms with Crippen LogP contribution in [0.5, 0.6) is 0 Å². The Morgan fingerprint density at radius 2 is 1.41 bits per heavy atom. The molecule has 0 saturated heterocycles. The van der Waals surface area contributed by atoms with Gasteiger partial charge >= 0.3 is 5.97 Å². The summed E-state index contributed by atoms with van der Waals surface area (Å²) in [5.74, 6) is -2.55. The minimum atomic E-state index is -1.10. The Hall–Kier alpha value is -3.28. The SMILES string of the molecule is CC(C)[C@H](C(=O)OCC(=O)c1ccccc1)N1C(=O)c2ccccc2C1=O. The van der Waals surface area contributed by atoms with E-state index >= 15 is 0 Å². The smallest absolute Gasteiger partial charge is 0.330 e. The van der Waals surface area contributed by atoms with Crippen molar-refractivity contribution in [2.45, 2.75) is 19.9 Å². The number of hydrogen-bond donors (Lipinski definition) is 0. The van der Waals surface area contributed by atoms with E-state index in [2.05, 4.69) is 0 Å². The van der Waals surface area contributed by atoms with Crippen molar-refractivity contribution in [3.8, 4) is 0 Å². The summed E-state index contributed by atoms with van der Waals surface area (Å²) in [7, 11) is 0. The first-order valence-electron chi connectivity index (χ1n) is 8.63. The second-order valence-electron chi connectivity index (χ2n) is 6.61. The lowest BCUT2D eigenvalue weighted by atomic mass is 10.0. The highest BCUT2D eigenvalue weighted by atomic mass is 16.5. The van der Waals surface area contributed by atoms with Crippen LogP contribution in [-0.2, 0) is 9.53 Å². The second kappa shape index (κ2) is 7.53. The molecule has 0 radical (unpaired) electrons. The number of fused-ring (bicyclic) bond motifs is 1. The molecule has 0 spiro atoms. The number of esters is 1. The summed E-state index contributed by atoms with van der Waals surface area (Å²) < 4.78 is 5.16. The highest BCUT2D eigenvalue weighted by Crippen LogP contribution is 2.27. The van der Waals surface area contributed by atoms with Crippen LogP contribution in [0.15, 0.2) is 54.6 Å². The molecule has 2 aromatic carbocycles. The summed E-state index contributed by atoms with van der Waals surface area (Å²) in [4.78, 5) is 51.0. The maximum atomic E-state index is 12.6. The molecular weight excluding hydrogens is 346 g/mol. The minimum Gasteiger partial charge on any atom is -0.456 e.